The maximum Gasteiger partial charge on any atom is 0.256 e. The van der Waals surface area contributed by atoms with E-state index < -0.39 is 16.2 Å². The standard InChI is InChI=1S/C30H34FN9O3S/c31-21-1-3-22(4-2-21)36-27-15-29(34-18-25(27)26-8-5-23(17-33-26)39-11-13-43-14-12-39)37-28-9-10-32-30(38-28)20-16-35-40(19-20)44(41,42)24-6-7-24/h5,8-10,15-19,21-22,24H,1-4,6-7,11-14H2,(H2,32,34,36,37,38). The fourth-order valence-corrected chi connectivity index (χ4v) is 7.07. The molecule has 5 heterocycles. The smallest absolute Gasteiger partial charge is 0.256 e. The molecule has 4 aromatic heterocycles. The third-order valence-corrected chi connectivity index (χ3v) is 10.3. The van der Waals surface area contributed by atoms with Gasteiger partial charge in [0.25, 0.3) is 10.0 Å². The van der Waals surface area contributed by atoms with Crippen LogP contribution in [0.4, 0.5) is 27.4 Å². The van der Waals surface area contributed by atoms with Crippen LogP contribution in [0.25, 0.3) is 22.6 Å². The molecule has 12 nitrogen and oxygen atoms in total. The summed E-state index contributed by atoms with van der Waals surface area (Å²) in [4.78, 5) is 20.6. The SMILES string of the molecule is O=S(=O)(C1CC1)n1cc(-c2nccc(Nc3cc(NC4CCC(F)CC4)c(-c4ccc(N5CCOCC5)cn4)cn3)n2)cn1. The maximum atomic E-state index is 13.9. The minimum absolute atomic E-state index is 0.137. The molecule has 2 saturated carbocycles. The zero-order chi connectivity index (χ0) is 30.1. The first-order chi connectivity index (χ1) is 21.4. The molecule has 0 amide bonds. The number of rotatable bonds is 9. The van der Waals surface area contributed by atoms with Crippen LogP contribution in [-0.4, -0.2) is 81.3 Å². The minimum Gasteiger partial charge on any atom is -0.382 e. The fraction of sp³-hybridized carbons (Fsp3) is 0.433. The van der Waals surface area contributed by atoms with Gasteiger partial charge in [0, 0.05) is 48.8 Å². The Labute approximate surface area is 255 Å². The first kappa shape index (κ1) is 28.6. The van der Waals surface area contributed by atoms with Gasteiger partial charge < -0.3 is 20.3 Å². The largest absolute Gasteiger partial charge is 0.382 e. The van der Waals surface area contributed by atoms with Crippen LogP contribution >= 0.6 is 0 Å². The molecular weight excluding hydrogens is 585 g/mol. The number of nitrogens with one attached hydrogen (secondary N) is 2. The Morgan fingerprint density at radius 2 is 1.73 bits per heavy atom. The number of aromatic nitrogens is 6. The van der Waals surface area contributed by atoms with E-state index in [2.05, 4.69) is 41.7 Å². The number of ether oxygens (including phenoxy) is 1. The van der Waals surface area contributed by atoms with Gasteiger partial charge in [0.1, 0.15) is 17.8 Å². The quantitative estimate of drug-likeness (QED) is 0.275. The van der Waals surface area contributed by atoms with Crippen LogP contribution in [0.15, 0.2) is 55.2 Å². The van der Waals surface area contributed by atoms with Gasteiger partial charge >= 0.3 is 0 Å². The highest BCUT2D eigenvalue weighted by Gasteiger charge is 2.37. The summed E-state index contributed by atoms with van der Waals surface area (Å²) in [5.41, 5.74) is 4.02. The van der Waals surface area contributed by atoms with Crippen LogP contribution in [0.2, 0.25) is 0 Å². The van der Waals surface area contributed by atoms with Crippen molar-refractivity contribution in [3.8, 4) is 22.6 Å². The molecule has 4 aromatic rings. The van der Waals surface area contributed by atoms with E-state index in [4.69, 9.17) is 9.72 Å². The van der Waals surface area contributed by atoms with E-state index in [1.165, 1.54) is 12.4 Å². The van der Waals surface area contributed by atoms with E-state index in [9.17, 15) is 12.8 Å². The van der Waals surface area contributed by atoms with E-state index in [1.807, 2.05) is 18.3 Å². The summed E-state index contributed by atoms with van der Waals surface area (Å²) in [5, 5.41) is 10.6. The summed E-state index contributed by atoms with van der Waals surface area (Å²) in [7, 11) is -3.48. The lowest BCUT2D eigenvalue weighted by Gasteiger charge is -2.29. The third kappa shape index (κ3) is 6.22. The Morgan fingerprint density at radius 3 is 2.48 bits per heavy atom. The second kappa shape index (κ2) is 12.1. The van der Waals surface area contributed by atoms with E-state index >= 15 is 0 Å². The molecule has 1 saturated heterocycles. The maximum absolute atomic E-state index is 13.9. The number of anilines is 4. The molecule has 0 aromatic carbocycles. The molecule has 0 atom stereocenters. The first-order valence-corrected chi connectivity index (χ1v) is 16.5. The van der Waals surface area contributed by atoms with Crippen molar-refractivity contribution in [2.24, 2.45) is 0 Å². The zero-order valence-corrected chi connectivity index (χ0v) is 25.0. The normalized spacial score (nSPS) is 20.8. The number of pyridine rings is 2. The van der Waals surface area contributed by atoms with Crippen LogP contribution < -0.4 is 15.5 Å². The Bertz CT molecular complexity index is 1720. The molecule has 1 aliphatic heterocycles. The second-order valence-corrected chi connectivity index (χ2v) is 13.5. The molecule has 0 spiro atoms. The predicted molar refractivity (Wildman–Crippen MR) is 165 cm³/mol. The van der Waals surface area contributed by atoms with Crippen LogP contribution in [0.5, 0.6) is 0 Å². The monoisotopic (exact) mass is 619 g/mol. The van der Waals surface area contributed by atoms with Crippen LogP contribution in [0.3, 0.4) is 0 Å². The zero-order valence-electron chi connectivity index (χ0n) is 24.1. The Kier molecular flexibility index (Phi) is 7.85. The third-order valence-electron chi connectivity index (χ3n) is 8.26. The lowest BCUT2D eigenvalue weighted by atomic mass is 9.93. The average Bonchev–Trinajstić information content (AvgIpc) is 3.80. The van der Waals surface area contributed by atoms with Gasteiger partial charge in [-0.2, -0.15) is 9.19 Å². The topological polar surface area (TPSA) is 140 Å². The second-order valence-electron chi connectivity index (χ2n) is 11.4. The van der Waals surface area contributed by atoms with E-state index in [0.29, 0.717) is 61.9 Å². The summed E-state index contributed by atoms with van der Waals surface area (Å²) >= 11 is 0. The van der Waals surface area contributed by atoms with E-state index in [0.717, 1.165) is 52.7 Å². The van der Waals surface area contributed by atoms with Gasteiger partial charge in [0.2, 0.25) is 0 Å². The molecule has 0 unspecified atom stereocenters. The molecule has 14 heteroatoms. The summed E-state index contributed by atoms with van der Waals surface area (Å²) in [6, 6.07) is 7.83. The predicted octanol–water partition coefficient (Wildman–Crippen LogP) is 4.41. The average molecular weight is 620 g/mol. The van der Waals surface area contributed by atoms with E-state index in [1.54, 1.807) is 18.5 Å². The van der Waals surface area contributed by atoms with Crippen molar-refractivity contribution in [1.82, 2.24) is 29.1 Å². The van der Waals surface area contributed by atoms with Gasteiger partial charge in [-0.1, -0.05) is 0 Å². The minimum atomic E-state index is -3.48. The number of alkyl halides is 1. The molecule has 7 rings (SSSR count). The number of halogens is 1. The molecule has 2 aliphatic carbocycles. The Hall–Kier alpha value is -4.17. The molecule has 0 bridgehead atoms. The highest BCUT2D eigenvalue weighted by Crippen LogP contribution is 2.34. The summed E-state index contributed by atoms with van der Waals surface area (Å²) in [6.07, 6.45) is 11.3. The van der Waals surface area contributed by atoms with Crippen molar-refractivity contribution in [2.45, 2.75) is 56.0 Å². The van der Waals surface area contributed by atoms with Crippen molar-refractivity contribution in [3.63, 3.8) is 0 Å². The number of hydrogen-bond acceptors (Lipinski definition) is 11. The molecule has 3 aliphatic rings. The van der Waals surface area contributed by atoms with Crippen molar-refractivity contribution in [3.05, 3.63) is 55.2 Å². The summed E-state index contributed by atoms with van der Waals surface area (Å²) in [6.45, 7) is 3.07. The van der Waals surface area contributed by atoms with Crippen LogP contribution in [-0.2, 0) is 14.8 Å². The summed E-state index contributed by atoms with van der Waals surface area (Å²) in [5.74, 6) is 1.39. The van der Waals surface area contributed by atoms with Gasteiger partial charge in [-0.15, -0.1) is 0 Å². The van der Waals surface area contributed by atoms with Gasteiger partial charge in [-0.25, -0.2) is 27.8 Å². The number of nitrogens with zero attached hydrogens (tertiary/aromatic N) is 7. The van der Waals surface area contributed by atoms with Gasteiger partial charge in [0.05, 0.1) is 54.0 Å². The molecular formula is C30H34FN9O3S. The van der Waals surface area contributed by atoms with Crippen LogP contribution in [0, 0.1) is 0 Å². The van der Waals surface area contributed by atoms with Gasteiger partial charge in [-0.3, -0.25) is 4.98 Å². The highest BCUT2D eigenvalue weighted by molar-refractivity contribution is 7.90. The fourth-order valence-electron chi connectivity index (χ4n) is 5.59. The van der Waals surface area contributed by atoms with Crippen molar-refractivity contribution >= 4 is 33.0 Å². The van der Waals surface area contributed by atoms with Gasteiger partial charge in [0.15, 0.2) is 5.82 Å². The first-order valence-electron chi connectivity index (χ1n) is 15.0. The summed E-state index contributed by atoms with van der Waals surface area (Å²) < 4.78 is 45.5. The van der Waals surface area contributed by atoms with Gasteiger partial charge in [-0.05, 0) is 56.7 Å². The lowest BCUT2D eigenvalue weighted by molar-refractivity contribution is 0.122. The molecule has 0 radical (unpaired) electrons. The van der Waals surface area contributed by atoms with Crippen molar-refractivity contribution in [1.29, 1.82) is 0 Å². The molecule has 230 valence electrons. The van der Waals surface area contributed by atoms with Crippen LogP contribution in [0.1, 0.15) is 38.5 Å². The molecule has 3 fully saturated rings. The molecule has 44 heavy (non-hydrogen) atoms. The number of hydrogen-bond donors (Lipinski definition) is 2. The number of morpholine rings is 1. The Balaban J connectivity index is 1.14. The Morgan fingerprint density at radius 1 is 0.909 bits per heavy atom. The highest BCUT2D eigenvalue weighted by atomic mass is 32.2. The van der Waals surface area contributed by atoms with Crippen molar-refractivity contribution < 1.29 is 17.5 Å². The lowest BCUT2D eigenvalue weighted by Crippen LogP contribution is -2.36. The molecule has 2 N–H and O–H groups in total. The van der Waals surface area contributed by atoms with Crippen molar-refractivity contribution in [2.75, 3.05) is 41.8 Å². The van der Waals surface area contributed by atoms with E-state index in [-0.39, 0.29) is 11.3 Å².